The second kappa shape index (κ2) is 6.92. The summed E-state index contributed by atoms with van der Waals surface area (Å²) >= 11 is 0. The molecule has 3 heterocycles. The van der Waals surface area contributed by atoms with Gasteiger partial charge in [0.15, 0.2) is 0 Å². The molecule has 0 radical (unpaired) electrons. The number of nitrogens with zero attached hydrogens (tertiary/aromatic N) is 3. The summed E-state index contributed by atoms with van der Waals surface area (Å²) in [6.07, 6.45) is 3.67. The van der Waals surface area contributed by atoms with Crippen molar-refractivity contribution in [2.75, 3.05) is 11.9 Å². The Morgan fingerprint density at radius 1 is 1.12 bits per heavy atom. The van der Waals surface area contributed by atoms with Crippen molar-refractivity contribution in [2.45, 2.75) is 13.0 Å². The van der Waals surface area contributed by atoms with E-state index < -0.39 is 0 Å². The topological polar surface area (TPSA) is 75.2 Å². The van der Waals surface area contributed by atoms with Crippen LogP contribution in [0.1, 0.15) is 12.1 Å². The molecule has 0 saturated carbocycles. The minimum Gasteiger partial charge on any atom is -0.336 e. The van der Waals surface area contributed by atoms with Gasteiger partial charge in [-0.1, -0.05) is 12.1 Å². The Kier molecular flexibility index (Phi) is 4.31. The van der Waals surface area contributed by atoms with Gasteiger partial charge in [0.2, 0.25) is 11.8 Å². The first kappa shape index (κ1) is 16.2. The number of benzene rings is 1. The maximum atomic E-state index is 12.6. The number of hydrogen-bond donors (Lipinski definition) is 1. The van der Waals surface area contributed by atoms with Crippen molar-refractivity contribution >= 4 is 28.4 Å². The highest BCUT2D eigenvalue weighted by molar-refractivity contribution is 5.98. The number of rotatable bonds is 4. The van der Waals surface area contributed by atoms with E-state index in [1.165, 1.54) is 0 Å². The fourth-order valence-corrected chi connectivity index (χ4v) is 3.19. The highest BCUT2D eigenvalue weighted by Crippen LogP contribution is 2.23. The average Bonchev–Trinajstić information content (AvgIpc) is 3.03. The third kappa shape index (κ3) is 3.39. The van der Waals surface area contributed by atoms with E-state index in [1.54, 1.807) is 17.3 Å². The van der Waals surface area contributed by atoms with Crippen LogP contribution in [0.25, 0.3) is 10.9 Å². The Balaban J connectivity index is 1.42. The second-order valence-corrected chi connectivity index (χ2v) is 6.40. The predicted molar refractivity (Wildman–Crippen MR) is 98.1 cm³/mol. The Morgan fingerprint density at radius 3 is 2.85 bits per heavy atom. The molecule has 1 atom stereocenters. The van der Waals surface area contributed by atoms with Crippen molar-refractivity contribution in [1.82, 2.24) is 14.9 Å². The largest absolute Gasteiger partial charge is 0.336 e. The van der Waals surface area contributed by atoms with Crippen LogP contribution in [0.4, 0.5) is 5.69 Å². The van der Waals surface area contributed by atoms with Gasteiger partial charge in [0.05, 0.1) is 23.7 Å². The van der Waals surface area contributed by atoms with E-state index in [9.17, 15) is 9.59 Å². The molecule has 3 aromatic rings. The maximum Gasteiger partial charge on any atom is 0.229 e. The summed E-state index contributed by atoms with van der Waals surface area (Å²) in [7, 11) is 0. The Bertz CT molecular complexity index is 958. The summed E-state index contributed by atoms with van der Waals surface area (Å²) in [6.45, 7) is 0.849. The van der Waals surface area contributed by atoms with Crippen LogP contribution in [0, 0.1) is 5.92 Å². The van der Waals surface area contributed by atoms with Crippen molar-refractivity contribution in [3.05, 3.63) is 66.6 Å². The first-order chi connectivity index (χ1) is 12.7. The molecule has 0 aliphatic carbocycles. The predicted octanol–water partition coefficient (Wildman–Crippen LogP) is 2.62. The third-order valence-electron chi connectivity index (χ3n) is 4.53. The van der Waals surface area contributed by atoms with E-state index in [4.69, 9.17) is 0 Å². The molecule has 0 bridgehead atoms. The lowest BCUT2D eigenvalue weighted by Gasteiger charge is -2.16. The normalized spacial score (nSPS) is 16.8. The van der Waals surface area contributed by atoms with Crippen molar-refractivity contribution in [3.8, 4) is 0 Å². The van der Waals surface area contributed by atoms with Crippen LogP contribution in [0.15, 0.2) is 60.9 Å². The molecule has 1 fully saturated rings. The lowest BCUT2D eigenvalue weighted by Crippen LogP contribution is -2.28. The standard InChI is InChI=1S/C20H18N4O2/c25-19-11-15(12-24(19)13-17-5-1-2-8-21-17)20(26)23-16-6-7-18-14(10-16)4-3-9-22-18/h1-10,15H,11-13H2,(H,23,26)/t15-/m0/s1. The first-order valence-electron chi connectivity index (χ1n) is 8.52. The first-order valence-corrected chi connectivity index (χ1v) is 8.52. The Morgan fingerprint density at radius 2 is 2.00 bits per heavy atom. The van der Waals surface area contributed by atoms with E-state index in [2.05, 4.69) is 15.3 Å². The van der Waals surface area contributed by atoms with Gasteiger partial charge in [-0.2, -0.15) is 0 Å². The minimum atomic E-state index is -0.351. The van der Waals surface area contributed by atoms with Crippen molar-refractivity contribution in [3.63, 3.8) is 0 Å². The molecule has 6 nitrogen and oxygen atoms in total. The van der Waals surface area contributed by atoms with Crippen LogP contribution in [-0.4, -0.2) is 33.2 Å². The van der Waals surface area contributed by atoms with Crippen molar-refractivity contribution < 1.29 is 9.59 Å². The van der Waals surface area contributed by atoms with Gasteiger partial charge < -0.3 is 10.2 Å². The summed E-state index contributed by atoms with van der Waals surface area (Å²) in [6, 6.07) is 15.0. The van der Waals surface area contributed by atoms with Crippen LogP contribution < -0.4 is 5.32 Å². The lowest BCUT2D eigenvalue weighted by molar-refractivity contribution is -0.128. The van der Waals surface area contributed by atoms with E-state index in [1.807, 2.05) is 48.5 Å². The number of aromatic nitrogens is 2. The molecular weight excluding hydrogens is 328 g/mol. The zero-order valence-corrected chi connectivity index (χ0v) is 14.1. The third-order valence-corrected chi connectivity index (χ3v) is 4.53. The molecule has 0 spiro atoms. The SMILES string of the molecule is O=C(Nc1ccc2ncccc2c1)[C@H]1CC(=O)N(Cc2ccccn2)C1. The Labute approximate surface area is 150 Å². The maximum absolute atomic E-state index is 12.6. The van der Waals surface area contributed by atoms with Crippen molar-refractivity contribution in [1.29, 1.82) is 0 Å². The average molecular weight is 346 g/mol. The highest BCUT2D eigenvalue weighted by atomic mass is 16.2. The molecule has 0 unspecified atom stereocenters. The summed E-state index contributed by atoms with van der Waals surface area (Å²) < 4.78 is 0. The number of carbonyl (C=O) groups excluding carboxylic acids is 2. The fraction of sp³-hybridized carbons (Fsp3) is 0.200. The molecule has 2 aromatic heterocycles. The molecule has 1 N–H and O–H groups in total. The summed E-state index contributed by atoms with van der Waals surface area (Å²) in [5.41, 5.74) is 2.41. The van der Waals surface area contributed by atoms with Crippen LogP contribution in [0.3, 0.4) is 0 Å². The fourth-order valence-electron chi connectivity index (χ4n) is 3.19. The smallest absolute Gasteiger partial charge is 0.229 e. The number of nitrogens with one attached hydrogen (secondary N) is 1. The molecule has 26 heavy (non-hydrogen) atoms. The van der Waals surface area contributed by atoms with Gasteiger partial charge in [-0.15, -0.1) is 0 Å². The van der Waals surface area contributed by atoms with E-state index in [0.717, 1.165) is 16.6 Å². The van der Waals surface area contributed by atoms with Gasteiger partial charge in [0.25, 0.3) is 0 Å². The van der Waals surface area contributed by atoms with Gasteiger partial charge in [0, 0.05) is 36.4 Å². The number of pyridine rings is 2. The van der Waals surface area contributed by atoms with Crippen LogP contribution in [-0.2, 0) is 16.1 Å². The zero-order valence-electron chi connectivity index (χ0n) is 14.1. The summed E-state index contributed by atoms with van der Waals surface area (Å²) in [5.74, 6) is -0.501. The molecule has 2 amide bonds. The van der Waals surface area contributed by atoms with Crippen LogP contribution in [0.5, 0.6) is 0 Å². The number of hydrogen-bond acceptors (Lipinski definition) is 4. The summed E-state index contributed by atoms with van der Waals surface area (Å²) in [5, 5.41) is 3.88. The van der Waals surface area contributed by atoms with Crippen LogP contribution in [0.2, 0.25) is 0 Å². The molecule has 4 rings (SSSR count). The molecule has 6 heteroatoms. The van der Waals surface area contributed by atoms with Gasteiger partial charge in [0.1, 0.15) is 0 Å². The lowest BCUT2D eigenvalue weighted by atomic mass is 10.1. The van der Waals surface area contributed by atoms with Gasteiger partial charge >= 0.3 is 0 Å². The number of amides is 2. The highest BCUT2D eigenvalue weighted by Gasteiger charge is 2.34. The number of fused-ring (bicyclic) bond motifs is 1. The van der Waals surface area contributed by atoms with E-state index >= 15 is 0 Å². The quantitative estimate of drug-likeness (QED) is 0.788. The Hall–Kier alpha value is -3.28. The van der Waals surface area contributed by atoms with Gasteiger partial charge in [-0.25, -0.2) is 0 Å². The zero-order chi connectivity index (χ0) is 17.9. The second-order valence-electron chi connectivity index (χ2n) is 6.40. The van der Waals surface area contributed by atoms with Crippen molar-refractivity contribution in [2.24, 2.45) is 5.92 Å². The molecule has 1 aliphatic heterocycles. The molecule has 1 aromatic carbocycles. The van der Waals surface area contributed by atoms with E-state index in [0.29, 0.717) is 18.8 Å². The minimum absolute atomic E-state index is 0.0153. The number of carbonyl (C=O) groups is 2. The van der Waals surface area contributed by atoms with Crippen LogP contribution >= 0.6 is 0 Å². The van der Waals surface area contributed by atoms with Gasteiger partial charge in [-0.3, -0.25) is 19.6 Å². The monoisotopic (exact) mass is 346 g/mol. The number of likely N-dealkylation sites (tertiary alicyclic amines) is 1. The molecule has 1 saturated heterocycles. The molecule has 130 valence electrons. The number of anilines is 1. The van der Waals surface area contributed by atoms with E-state index in [-0.39, 0.29) is 24.2 Å². The molecular formula is C20H18N4O2. The molecule has 1 aliphatic rings. The summed E-state index contributed by atoms with van der Waals surface area (Å²) in [4.78, 5) is 35.0. The van der Waals surface area contributed by atoms with Gasteiger partial charge in [-0.05, 0) is 36.4 Å².